The normalized spacial score (nSPS) is 16.3. The van der Waals surface area contributed by atoms with Gasteiger partial charge in [-0.1, -0.05) is 66.4 Å². The van der Waals surface area contributed by atoms with Crippen LogP contribution in [0.3, 0.4) is 0 Å². The molecule has 8 heteroatoms. The van der Waals surface area contributed by atoms with Crippen molar-refractivity contribution in [3.8, 4) is 0 Å². The molecule has 1 atom stereocenters. The molecule has 1 aliphatic rings. The van der Waals surface area contributed by atoms with Crippen molar-refractivity contribution in [1.82, 2.24) is 4.90 Å². The quantitative estimate of drug-likeness (QED) is 0.456. The van der Waals surface area contributed by atoms with Crippen LogP contribution in [-0.2, 0) is 14.3 Å². The zero-order chi connectivity index (χ0) is 20.3. The van der Waals surface area contributed by atoms with E-state index in [0.717, 1.165) is 16.7 Å². The zero-order valence-corrected chi connectivity index (χ0v) is 16.3. The van der Waals surface area contributed by atoms with Crippen molar-refractivity contribution in [3.05, 3.63) is 76.2 Å². The molecule has 6 nitrogen and oxygen atoms in total. The van der Waals surface area contributed by atoms with Gasteiger partial charge in [-0.3, -0.25) is 9.69 Å². The summed E-state index contributed by atoms with van der Waals surface area (Å²) in [6.45, 7) is 0. The van der Waals surface area contributed by atoms with E-state index < -0.39 is 23.9 Å². The van der Waals surface area contributed by atoms with Crippen LogP contribution in [0, 0.1) is 0 Å². The number of amides is 1. The average Bonchev–Trinajstić information content (AvgIpc) is 2.96. The van der Waals surface area contributed by atoms with Crippen LogP contribution in [0.5, 0.6) is 0 Å². The van der Waals surface area contributed by atoms with Gasteiger partial charge in [0.25, 0.3) is 5.91 Å². The SMILES string of the molecule is COC(=O)c1ccc(/C=C2\SC(=S)N([C@H](C(=O)O)c3ccccc3)C2=O)cc1. The van der Waals surface area contributed by atoms with Crippen molar-refractivity contribution >= 4 is 52.2 Å². The molecule has 0 aliphatic carbocycles. The third-order valence-electron chi connectivity index (χ3n) is 4.06. The van der Waals surface area contributed by atoms with Gasteiger partial charge >= 0.3 is 11.9 Å². The molecule has 0 saturated carbocycles. The predicted molar refractivity (Wildman–Crippen MR) is 110 cm³/mol. The fourth-order valence-electron chi connectivity index (χ4n) is 2.72. The van der Waals surface area contributed by atoms with E-state index in [-0.39, 0.29) is 4.32 Å². The van der Waals surface area contributed by atoms with E-state index in [1.165, 1.54) is 7.11 Å². The molecule has 0 unspecified atom stereocenters. The number of thioether (sulfide) groups is 1. The third kappa shape index (κ3) is 3.97. The molecule has 28 heavy (non-hydrogen) atoms. The van der Waals surface area contributed by atoms with E-state index >= 15 is 0 Å². The van der Waals surface area contributed by atoms with Gasteiger partial charge < -0.3 is 9.84 Å². The van der Waals surface area contributed by atoms with Crippen LogP contribution in [0.1, 0.15) is 27.5 Å². The van der Waals surface area contributed by atoms with E-state index in [1.807, 2.05) is 0 Å². The monoisotopic (exact) mass is 413 g/mol. The number of hydrogen-bond acceptors (Lipinski definition) is 6. The van der Waals surface area contributed by atoms with Gasteiger partial charge in [-0.2, -0.15) is 0 Å². The number of thiocarbonyl (C=S) groups is 1. The molecule has 1 N–H and O–H groups in total. The van der Waals surface area contributed by atoms with Crippen molar-refractivity contribution in [2.75, 3.05) is 7.11 Å². The predicted octanol–water partition coefficient (Wildman–Crippen LogP) is 3.50. The first kappa shape index (κ1) is 19.8. The lowest BCUT2D eigenvalue weighted by atomic mass is 10.1. The van der Waals surface area contributed by atoms with Gasteiger partial charge in [-0.15, -0.1) is 0 Å². The van der Waals surface area contributed by atoms with Gasteiger partial charge in [0.2, 0.25) is 0 Å². The summed E-state index contributed by atoms with van der Waals surface area (Å²) in [5, 5.41) is 9.68. The molecule has 0 spiro atoms. The lowest BCUT2D eigenvalue weighted by Gasteiger charge is -2.23. The van der Waals surface area contributed by atoms with Crippen LogP contribution in [0.4, 0.5) is 0 Å². The molecule has 3 rings (SSSR count). The molecule has 1 heterocycles. The minimum absolute atomic E-state index is 0.179. The van der Waals surface area contributed by atoms with Crippen molar-refractivity contribution in [1.29, 1.82) is 0 Å². The molecule has 142 valence electrons. The van der Waals surface area contributed by atoms with Crippen LogP contribution in [-0.4, -0.2) is 39.3 Å². The molecule has 0 aromatic heterocycles. The van der Waals surface area contributed by atoms with Crippen LogP contribution < -0.4 is 0 Å². The van der Waals surface area contributed by atoms with E-state index in [2.05, 4.69) is 4.74 Å². The fraction of sp³-hybridized carbons (Fsp3) is 0.100. The first-order valence-electron chi connectivity index (χ1n) is 8.15. The number of ether oxygens (including phenoxy) is 1. The Morgan fingerprint density at radius 3 is 2.36 bits per heavy atom. The van der Waals surface area contributed by atoms with E-state index in [9.17, 15) is 19.5 Å². The molecule has 1 amide bonds. The second-order valence-electron chi connectivity index (χ2n) is 5.82. The molecular formula is C20H15NO5S2. The molecule has 0 bridgehead atoms. The highest BCUT2D eigenvalue weighted by atomic mass is 32.2. The average molecular weight is 413 g/mol. The molecule has 1 fully saturated rings. The zero-order valence-electron chi connectivity index (χ0n) is 14.7. The summed E-state index contributed by atoms with van der Waals surface area (Å²) in [6, 6.07) is 13.8. The molecule has 0 radical (unpaired) electrons. The summed E-state index contributed by atoms with van der Waals surface area (Å²) in [6.07, 6.45) is 1.62. The second-order valence-corrected chi connectivity index (χ2v) is 7.49. The standard InChI is InChI=1S/C20H15NO5S2/c1-26-19(25)14-9-7-12(8-10-14)11-15-17(22)21(20(27)28-15)16(18(23)24)13-5-3-2-4-6-13/h2-11,16H,1H3,(H,23,24)/b15-11-/t16-/m0/s1. The summed E-state index contributed by atoms with van der Waals surface area (Å²) in [7, 11) is 1.30. The van der Waals surface area contributed by atoms with Crippen LogP contribution in [0.2, 0.25) is 0 Å². The van der Waals surface area contributed by atoms with Gasteiger partial charge in [0.1, 0.15) is 4.32 Å². The van der Waals surface area contributed by atoms with Crippen LogP contribution in [0.25, 0.3) is 6.08 Å². The second kappa shape index (κ2) is 8.37. The van der Waals surface area contributed by atoms with Crippen molar-refractivity contribution in [2.45, 2.75) is 6.04 Å². The highest BCUT2D eigenvalue weighted by Crippen LogP contribution is 2.38. The first-order valence-corrected chi connectivity index (χ1v) is 9.38. The van der Waals surface area contributed by atoms with Gasteiger partial charge in [0.15, 0.2) is 6.04 Å². The summed E-state index contributed by atoms with van der Waals surface area (Å²) >= 11 is 6.33. The summed E-state index contributed by atoms with van der Waals surface area (Å²) in [5.74, 6) is -2.08. The minimum atomic E-state index is -1.19. The number of nitrogens with zero attached hydrogens (tertiary/aromatic N) is 1. The molecule has 1 saturated heterocycles. The number of carboxylic acids is 1. The lowest BCUT2D eigenvalue weighted by Crippen LogP contribution is -2.37. The van der Waals surface area contributed by atoms with Crippen molar-refractivity contribution in [3.63, 3.8) is 0 Å². The third-order valence-corrected chi connectivity index (χ3v) is 5.39. The number of esters is 1. The van der Waals surface area contributed by atoms with E-state index in [0.29, 0.717) is 21.6 Å². The van der Waals surface area contributed by atoms with Crippen LogP contribution in [0.15, 0.2) is 59.5 Å². The number of carbonyl (C=O) groups is 3. The summed E-state index contributed by atoms with van der Waals surface area (Å²) < 4.78 is 4.83. The Hall–Kier alpha value is -2.97. The number of hydrogen-bond donors (Lipinski definition) is 1. The minimum Gasteiger partial charge on any atom is -0.479 e. The Kier molecular flexibility index (Phi) is 5.91. The molecule has 1 aliphatic heterocycles. The highest BCUT2D eigenvalue weighted by molar-refractivity contribution is 8.26. The number of carboxylic acid groups (broad SMARTS) is 1. The van der Waals surface area contributed by atoms with E-state index in [1.54, 1.807) is 60.7 Å². The smallest absolute Gasteiger partial charge is 0.337 e. The Balaban J connectivity index is 1.89. The number of aliphatic carboxylic acids is 1. The van der Waals surface area contributed by atoms with Crippen molar-refractivity contribution in [2.24, 2.45) is 0 Å². The maximum Gasteiger partial charge on any atom is 0.337 e. The molecule has 2 aromatic carbocycles. The lowest BCUT2D eigenvalue weighted by molar-refractivity contribution is -0.145. The Bertz CT molecular complexity index is 970. The fourth-order valence-corrected chi connectivity index (χ4v) is 4.04. The number of benzene rings is 2. The van der Waals surface area contributed by atoms with Crippen molar-refractivity contribution < 1.29 is 24.2 Å². The van der Waals surface area contributed by atoms with Gasteiger partial charge in [-0.05, 0) is 29.3 Å². The molecular weight excluding hydrogens is 398 g/mol. The largest absolute Gasteiger partial charge is 0.479 e. The Morgan fingerprint density at radius 2 is 1.79 bits per heavy atom. The van der Waals surface area contributed by atoms with Gasteiger partial charge in [-0.25, -0.2) is 9.59 Å². The first-order chi connectivity index (χ1) is 13.4. The topological polar surface area (TPSA) is 83.9 Å². The summed E-state index contributed by atoms with van der Waals surface area (Å²) in [5.41, 5.74) is 1.54. The number of carbonyl (C=O) groups excluding carboxylic acids is 2. The summed E-state index contributed by atoms with van der Waals surface area (Å²) in [4.78, 5) is 37.7. The van der Waals surface area contributed by atoms with E-state index in [4.69, 9.17) is 12.2 Å². The molecule has 2 aromatic rings. The number of methoxy groups -OCH3 is 1. The van der Waals surface area contributed by atoms with Gasteiger partial charge in [0, 0.05) is 0 Å². The maximum absolute atomic E-state index is 12.9. The Morgan fingerprint density at radius 1 is 1.14 bits per heavy atom. The Labute approximate surface area is 170 Å². The maximum atomic E-state index is 12.9. The van der Waals surface area contributed by atoms with Crippen LogP contribution >= 0.6 is 24.0 Å². The number of rotatable bonds is 5. The van der Waals surface area contributed by atoms with Gasteiger partial charge in [0.05, 0.1) is 17.6 Å². The highest BCUT2D eigenvalue weighted by Gasteiger charge is 2.41.